The van der Waals surface area contributed by atoms with Crippen molar-refractivity contribution >= 4 is 114 Å². The Morgan fingerprint density at radius 2 is 0.810 bits per heavy atom. The predicted octanol–water partition coefficient (Wildman–Crippen LogP) is 16.2. The molecule has 0 bridgehead atoms. The minimum atomic E-state index is 0.871. The first-order chi connectivity index (χ1) is 28.8. The van der Waals surface area contributed by atoms with E-state index < -0.39 is 0 Å². The molecule has 0 aliphatic heterocycles. The summed E-state index contributed by atoms with van der Waals surface area (Å²) in [5.41, 5.74) is 7.41. The van der Waals surface area contributed by atoms with E-state index in [9.17, 15) is 0 Å². The second-order valence-corrected chi connectivity index (χ2v) is 15.6. The molecule has 0 amide bonds. The fourth-order valence-corrected chi connectivity index (χ4v) is 10.0. The van der Waals surface area contributed by atoms with E-state index in [-0.39, 0.29) is 0 Å². The largest absolute Gasteiger partial charge is 0.456 e. The third-order valence-corrected chi connectivity index (χ3v) is 12.5. The molecule has 0 spiro atoms. The molecule has 2 heteroatoms. The predicted molar refractivity (Wildman–Crippen MR) is 248 cm³/mol. The molecule has 13 aromatic rings. The summed E-state index contributed by atoms with van der Waals surface area (Å²) in [6.45, 7) is 0. The first-order valence-electron chi connectivity index (χ1n) is 20.0. The summed E-state index contributed by atoms with van der Waals surface area (Å²) in [5.74, 6) is 0. The molecular weight excluding hydrogens is 703 g/mol. The second-order valence-electron chi connectivity index (χ2n) is 15.6. The summed E-state index contributed by atoms with van der Waals surface area (Å²) in [5, 5.41) is 19.9. The molecular formula is C56H33NO. The van der Waals surface area contributed by atoms with Gasteiger partial charge in [-0.2, -0.15) is 0 Å². The van der Waals surface area contributed by atoms with E-state index in [0.29, 0.717) is 0 Å². The molecule has 0 aliphatic carbocycles. The van der Waals surface area contributed by atoms with Crippen LogP contribution in [0.25, 0.3) is 108 Å². The zero-order valence-corrected chi connectivity index (χ0v) is 31.4. The molecule has 0 radical (unpaired) electrons. The van der Waals surface area contributed by atoms with E-state index in [1.165, 1.54) is 86.5 Å². The third kappa shape index (κ3) is 4.43. The van der Waals surface area contributed by atoms with E-state index >= 15 is 0 Å². The highest BCUT2D eigenvalue weighted by Crippen LogP contribution is 2.48. The number of benzene rings is 11. The lowest BCUT2D eigenvalue weighted by Crippen LogP contribution is -2.10. The number of nitrogens with zero attached hydrogens (tertiary/aromatic N) is 1. The molecule has 0 saturated carbocycles. The zero-order valence-electron chi connectivity index (χ0n) is 31.4. The van der Waals surface area contributed by atoms with Crippen molar-refractivity contribution < 1.29 is 4.42 Å². The van der Waals surface area contributed by atoms with E-state index in [0.717, 1.165) is 39.0 Å². The Hall–Kier alpha value is -7.68. The summed E-state index contributed by atoms with van der Waals surface area (Å²) in [6, 6.07) is 73.6. The lowest BCUT2D eigenvalue weighted by molar-refractivity contribution is 0.669. The number of furan rings is 1. The number of para-hydroxylation sites is 1. The Morgan fingerprint density at radius 1 is 0.293 bits per heavy atom. The number of fused-ring (bicyclic) bond motifs is 6. The molecule has 1 aromatic heterocycles. The van der Waals surface area contributed by atoms with Crippen molar-refractivity contribution in [2.24, 2.45) is 0 Å². The molecule has 0 N–H and O–H groups in total. The van der Waals surface area contributed by atoms with Crippen LogP contribution < -0.4 is 4.90 Å². The first kappa shape index (κ1) is 31.5. The van der Waals surface area contributed by atoms with Crippen LogP contribution in [-0.4, -0.2) is 0 Å². The van der Waals surface area contributed by atoms with Crippen LogP contribution in [0.5, 0.6) is 0 Å². The fourth-order valence-electron chi connectivity index (χ4n) is 10.0. The maximum Gasteiger partial charge on any atom is 0.137 e. The summed E-state index contributed by atoms with van der Waals surface area (Å²) >= 11 is 0. The molecule has 1 heterocycles. The van der Waals surface area contributed by atoms with Gasteiger partial charge in [-0.1, -0.05) is 158 Å². The Bertz CT molecular complexity index is 3790. The summed E-state index contributed by atoms with van der Waals surface area (Å²) in [7, 11) is 0. The average Bonchev–Trinajstić information content (AvgIpc) is 3.67. The van der Waals surface area contributed by atoms with Crippen molar-refractivity contribution in [2.45, 2.75) is 0 Å². The van der Waals surface area contributed by atoms with E-state index in [1.807, 2.05) is 6.07 Å². The van der Waals surface area contributed by atoms with Crippen molar-refractivity contribution in [3.05, 3.63) is 200 Å². The highest BCUT2D eigenvalue weighted by Gasteiger charge is 2.22. The lowest BCUT2D eigenvalue weighted by Gasteiger charge is -2.28. The molecule has 0 unspecified atom stereocenters. The number of hydrogen-bond acceptors (Lipinski definition) is 2. The number of anilines is 3. The van der Waals surface area contributed by atoms with Crippen LogP contribution in [0.4, 0.5) is 17.1 Å². The second kappa shape index (κ2) is 11.9. The van der Waals surface area contributed by atoms with Gasteiger partial charge in [-0.3, -0.25) is 0 Å². The molecule has 12 aromatic carbocycles. The fraction of sp³-hybridized carbons (Fsp3) is 0. The monoisotopic (exact) mass is 735 g/mol. The van der Waals surface area contributed by atoms with Crippen molar-refractivity contribution in [1.82, 2.24) is 0 Å². The van der Waals surface area contributed by atoms with Gasteiger partial charge in [0.15, 0.2) is 0 Å². The zero-order chi connectivity index (χ0) is 37.9. The Morgan fingerprint density at radius 3 is 1.53 bits per heavy atom. The van der Waals surface area contributed by atoms with Gasteiger partial charge in [0, 0.05) is 16.8 Å². The van der Waals surface area contributed by atoms with Crippen LogP contribution in [0.2, 0.25) is 0 Å². The van der Waals surface area contributed by atoms with Gasteiger partial charge < -0.3 is 9.32 Å². The summed E-state index contributed by atoms with van der Waals surface area (Å²) in [6.07, 6.45) is 0. The number of hydrogen-bond donors (Lipinski definition) is 0. The molecule has 2 nitrogen and oxygen atoms in total. The Balaban J connectivity index is 1.16. The SMILES string of the molecule is c1ccc2c(-c3ccc(N(c4cc5ccc6cccc7c8cccc9ccc%10cccc(c(c4)c5c67)c%10c98)c4cccc5oc6ccccc6c45)cc3)cccc2c1. The van der Waals surface area contributed by atoms with Crippen LogP contribution in [-0.2, 0) is 0 Å². The van der Waals surface area contributed by atoms with E-state index in [4.69, 9.17) is 4.42 Å². The van der Waals surface area contributed by atoms with Gasteiger partial charge in [0.05, 0.1) is 11.1 Å². The standard InChI is InChI=1S/C56H33NO/c1-2-15-42-34(10-1)11-5-17-43(42)35-28-30-40(31-29-35)57(49-21-9-23-51-56(49)47-16-3-4-22-50(47)58-51)41-32-39-27-26-38-13-7-19-45-44-18-6-12-36-24-25-37-14-8-20-46(54(37)52(36)44)48(33-41)55(39)53(38)45/h1-33H. The Kier molecular flexibility index (Phi) is 6.47. The Labute approximate surface area is 333 Å². The molecule has 0 saturated heterocycles. The third-order valence-electron chi connectivity index (χ3n) is 12.5. The quantitative estimate of drug-likeness (QED) is 0.167. The maximum atomic E-state index is 6.51. The van der Waals surface area contributed by atoms with Crippen molar-refractivity contribution in [3.63, 3.8) is 0 Å². The van der Waals surface area contributed by atoms with Crippen molar-refractivity contribution in [3.8, 4) is 11.1 Å². The molecule has 268 valence electrons. The van der Waals surface area contributed by atoms with E-state index in [2.05, 4.69) is 199 Å². The summed E-state index contributed by atoms with van der Waals surface area (Å²) in [4.78, 5) is 2.44. The molecule has 0 fully saturated rings. The van der Waals surface area contributed by atoms with Crippen molar-refractivity contribution in [2.75, 3.05) is 4.90 Å². The minimum Gasteiger partial charge on any atom is -0.456 e. The number of rotatable bonds is 4. The molecule has 0 atom stereocenters. The highest BCUT2D eigenvalue weighted by atomic mass is 16.3. The highest BCUT2D eigenvalue weighted by molar-refractivity contribution is 6.37. The van der Waals surface area contributed by atoms with Gasteiger partial charge in [0.25, 0.3) is 0 Å². The van der Waals surface area contributed by atoms with Crippen LogP contribution >= 0.6 is 0 Å². The summed E-state index contributed by atoms with van der Waals surface area (Å²) < 4.78 is 6.51. The van der Waals surface area contributed by atoms with Crippen LogP contribution in [0.3, 0.4) is 0 Å². The first-order valence-corrected chi connectivity index (χ1v) is 20.0. The van der Waals surface area contributed by atoms with Crippen LogP contribution in [0.15, 0.2) is 205 Å². The van der Waals surface area contributed by atoms with Gasteiger partial charge in [-0.25, -0.2) is 0 Å². The van der Waals surface area contributed by atoms with Gasteiger partial charge >= 0.3 is 0 Å². The minimum absolute atomic E-state index is 0.871. The van der Waals surface area contributed by atoms with Gasteiger partial charge in [0.1, 0.15) is 11.2 Å². The maximum absolute atomic E-state index is 6.51. The van der Waals surface area contributed by atoms with Gasteiger partial charge in [0.2, 0.25) is 0 Å². The van der Waals surface area contributed by atoms with Gasteiger partial charge in [-0.15, -0.1) is 0 Å². The van der Waals surface area contributed by atoms with E-state index in [1.54, 1.807) is 0 Å². The molecule has 13 rings (SSSR count). The lowest BCUT2D eigenvalue weighted by atomic mass is 9.87. The van der Waals surface area contributed by atoms with Crippen LogP contribution in [0, 0.1) is 0 Å². The topological polar surface area (TPSA) is 16.4 Å². The average molecular weight is 736 g/mol. The molecule has 0 aliphatic rings. The van der Waals surface area contributed by atoms with Gasteiger partial charge in [-0.05, 0) is 129 Å². The normalized spacial score (nSPS) is 12.1. The van der Waals surface area contributed by atoms with Crippen LogP contribution in [0.1, 0.15) is 0 Å². The van der Waals surface area contributed by atoms with Crippen molar-refractivity contribution in [1.29, 1.82) is 0 Å². The smallest absolute Gasteiger partial charge is 0.137 e. The molecule has 58 heavy (non-hydrogen) atoms.